The van der Waals surface area contributed by atoms with Gasteiger partial charge in [-0.25, -0.2) is 9.59 Å². The number of carbonyl (C=O) groups excluding carboxylic acids is 3. The first-order valence-electron chi connectivity index (χ1n) is 7.83. The summed E-state index contributed by atoms with van der Waals surface area (Å²) in [5.41, 5.74) is 2.09. The van der Waals surface area contributed by atoms with Gasteiger partial charge in [0.05, 0.1) is 35.6 Å². The number of aromatic nitrogens is 1. The summed E-state index contributed by atoms with van der Waals surface area (Å²) in [5.74, 6) is -1.68. The lowest BCUT2D eigenvalue weighted by molar-refractivity contribution is 0.0316. The molecule has 2 aromatic rings. The number of esters is 2. The van der Waals surface area contributed by atoms with Crippen molar-refractivity contribution in [3.8, 4) is 6.07 Å². The minimum Gasteiger partial charge on any atom is -0.465 e. The quantitative estimate of drug-likeness (QED) is 0.653. The number of Topliss-reactive ketones (excluding diaryl/α,β-unsaturated/α-hetero) is 1. The molecule has 0 aliphatic carbocycles. The number of ketones is 1. The van der Waals surface area contributed by atoms with Crippen LogP contribution in [0.4, 0.5) is 0 Å². The number of methoxy groups -OCH3 is 1. The fourth-order valence-corrected chi connectivity index (χ4v) is 2.57. The Morgan fingerprint density at radius 1 is 1.12 bits per heavy atom. The number of benzene rings is 1. The van der Waals surface area contributed by atoms with E-state index in [1.165, 1.54) is 38.3 Å². The van der Waals surface area contributed by atoms with Crippen LogP contribution in [0.5, 0.6) is 0 Å². The lowest BCUT2D eigenvalue weighted by Crippen LogP contribution is -2.25. The van der Waals surface area contributed by atoms with Gasteiger partial charge < -0.3 is 14.5 Å². The zero-order valence-electron chi connectivity index (χ0n) is 14.9. The zero-order chi connectivity index (χ0) is 19.4. The summed E-state index contributed by atoms with van der Waals surface area (Å²) in [6.07, 6.45) is -1.06. The van der Waals surface area contributed by atoms with E-state index >= 15 is 0 Å². The van der Waals surface area contributed by atoms with E-state index in [9.17, 15) is 14.4 Å². The van der Waals surface area contributed by atoms with E-state index in [-0.39, 0.29) is 11.3 Å². The first-order valence-corrected chi connectivity index (χ1v) is 7.83. The number of carbonyl (C=O) groups is 3. The smallest absolute Gasteiger partial charge is 0.339 e. The third kappa shape index (κ3) is 3.64. The highest BCUT2D eigenvalue weighted by Crippen LogP contribution is 2.21. The van der Waals surface area contributed by atoms with Crippen molar-refractivity contribution < 1.29 is 23.9 Å². The monoisotopic (exact) mass is 354 g/mol. The van der Waals surface area contributed by atoms with Crippen molar-refractivity contribution in [1.82, 2.24) is 4.98 Å². The number of rotatable bonds is 5. The number of nitriles is 1. The second-order valence-corrected chi connectivity index (χ2v) is 5.72. The molecule has 1 aromatic carbocycles. The molecule has 2 rings (SSSR count). The second-order valence-electron chi connectivity index (χ2n) is 5.72. The molecule has 0 spiro atoms. The fraction of sp³-hybridized carbons (Fsp3) is 0.263. The Hall–Kier alpha value is -3.40. The SMILES string of the molecule is COC(=O)c1c(C)[nH]c(C(=O)[C@H](C)OC(=O)c2ccc(C#N)cc2)c1C. The van der Waals surface area contributed by atoms with Gasteiger partial charge in [-0.2, -0.15) is 5.26 Å². The summed E-state index contributed by atoms with van der Waals surface area (Å²) >= 11 is 0. The van der Waals surface area contributed by atoms with Gasteiger partial charge in [0.15, 0.2) is 6.10 Å². The number of nitrogens with one attached hydrogen (secondary N) is 1. The van der Waals surface area contributed by atoms with E-state index in [0.717, 1.165) is 0 Å². The predicted molar refractivity (Wildman–Crippen MR) is 92.0 cm³/mol. The molecule has 0 saturated heterocycles. The standard InChI is InChI=1S/C19H18N2O5/c1-10-15(19(24)25-4)11(2)21-16(10)17(22)12(3)26-18(23)14-7-5-13(9-20)6-8-14/h5-8,12,21H,1-4H3/t12-/m0/s1. The van der Waals surface area contributed by atoms with Gasteiger partial charge in [-0.05, 0) is 50.6 Å². The lowest BCUT2D eigenvalue weighted by atomic mass is 10.1. The van der Waals surface area contributed by atoms with Crippen molar-refractivity contribution in [2.75, 3.05) is 7.11 Å². The van der Waals surface area contributed by atoms with Gasteiger partial charge in [0.2, 0.25) is 5.78 Å². The first-order chi connectivity index (χ1) is 12.3. The van der Waals surface area contributed by atoms with Gasteiger partial charge in [-0.1, -0.05) is 0 Å². The van der Waals surface area contributed by atoms with Gasteiger partial charge >= 0.3 is 11.9 Å². The van der Waals surface area contributed by atoms with Crippen molar-refractivity contribution in [1.29, 1.82) is 5.26 Å². The minimum absolute atomic E-state index is 0.197. The number of H-pyrrole nitrogens is 1. The largest absolute Gasteiger partial charge is 0.465 e. The number of nitrogens with zero attached hydrogens (tertiary/aromatic N) is 1. The molecular formula is C19H18N2O5. The van der Waals surface area contributed by atoms with Crippen LogP contribution in [0.15, 0.2) is 24.3 Å². The predicted octanol–water partition coefficient (Wildman–Crippen LogP) is 2.72. The maximum Gasteiger partial charge on any atom is 0.339 e. The summed E-state index contributed by atoms with van der Waals surface area (Å²) in [7, 11) is 1.26. The van der Waals surface area contributed by atoms with Crippen LogP contribution in [0.3, 0.4) is 0 Å². The number of aryl methyl sites for hydroxylation is 1. The van der Waals surface area contributed by atoms with Crippen LogP contribution in [0.1, 0.15) is 54.9 Å². The van der Waals surface area contributed by atoms with E-state index in [1.807, 2.05) is 6.07 Å². The van der Waals surface area contributed by atoms with Gasteiger partial charge in [0.1, 0.15) is 0 Å². The average Bonchev–Trinajstić information content (AvgIpc) is 2.94. The van der Waals surface area contributed by atoms with Crippen molar-refractivity contribution in [2.45, 2.75) is 26.9 Å². The van der Waals surface area contributed by atoms with Gasteiger partial charge in [0, 0.05) is 5.69 Å². The molecule has 1 N–H and O–H groups in total. The average molecular weight is 354 g/mol. The summed E-state index contributed by atoms with van der Waals surface area (Å²) in [6.45, 7) is 4.74. The van der Waals surface area contributed by atoms with Gasteiger partial charge in [-0.15, -0.1) is 0 Å². The van der Waals surface area contributed by atoms with E-state index in [2.05, 4.69) is 4.98 Å². The highest BCUT2D eigenvalue weighted by atomic mass is 16.5. The van der Waals surface area contributed by atoms with Crippen molar-refractivity contribution in [3.05, 3.63) is 57.9 Å². The fourth-order valence-electron chi connectivity index (χ4n) is 2.57. The third-order valence-electron chi connectivity index (χ3n) is 3.98. The topological polar surface area (TPSA) is 109 Å². The van der Waals surface area contributed by atoms with Gasteiger partial charge in [0.25, 0.3) is 0 Å². The minimum atomic E-state index is -1.06. The van der Waals surface area contributed by atoms with Crippen molar-refractivity contribution >= 4 is 17.7 Å². The molecule has 0 unspecified atom stereocenters. The molecule has 1 atom stereocenters. The number of ether oxygens (including phenoxy) is 2. The molecule has 0 fully saturated rings. The molecule has 0 aliphatic rings. The van der Waals surface area contributed by atoms with E-state index in [1.54, 1.807) is 13.8 Å². The molecule has 0 aliphatic heterocycles. The molecule has 0 bridgehead atoms. The van der Waals surface area contributed by atoms with Crippen LogP contribution in [-0.2, 0) is 9.47 Å². The Morgan fingerprint density at radius 3 is 2.27 bits per heavy atom. The molecule has 7 nitrogen and oxygen atoms in total. The molecule has 0 amide bonds. The molecule has 26 heavy (non-hydrogen) atoms. The maximum absolute atomic E-state index is 12.6. The molecule has 1 heterocycles. The van der Waals surface area contributed by atoms with E-state index in [0.29, 0.717) is 22.4 Å². The maximum atomic E-state index is 12.6. The molecule has 134 valence electrons. The Bertz CT molecular complexity index is 903. The number of hydrogen-bond donors (Lipinski definition) is 1. The van der Waals surface area contributed by atoms with Crippen molar-refractivity contribution in [2.24, 2.45) is 0 Å². The van der Waals surface area contributed by atoms with Crippen LogP contribution in [0.2, 0.25) is 0 Å². The molecule has 0 saturated carbocycles. The second kappa shape index (κ2) is 7.66. The Labute approximate surface area is 150 Å². The third-order valence-corrected chi connectivity index (χ3v) is 3.98. The Morgan fingerprint density at radius 2 is 1.73 bits per heavy atom. The van der Waals surface area contributed by atoms with E-state index < -0.39 is 23.8 Å². The zero-order valence-corrected chi connectivity index (χ0v) is 14.9. The molecule has 7 heteroatoms. The summed E-state index contributed by atoms with van der Waals surface area (Å²) < 4.78 is 9.92. The normalized spacial score (nSPS) is 11.3. The highest BCUT2D eigenvalue weighted by molar-refractivity contribution is 6.04. The van der Waals surface area contributed by atoms with Crippen LogP contribution in [-0.4, -0.2) is 35.9 Å². The Kier molecular flexibility index (Phi) is 5.58. The van der Waals surface area contributed by atoms with Crippen LogP contribution in [0.25, 0.3) is 0 Å². The highest BCUT2D eigenvalue weighted by Gasteiger charge is 2.27. The van der Waals surface area contributed by atoms with Crippen LogP contribution in [0, 0.1) is 25.2 Å². The van der Waals surface area contributed by atoms with Crippen LogP contribution < -0.4 is 0 Å². The van der Waals surface area contributed by atoms with Crippen LogP contribution >= 0.6 is 0 Å². The lowest BCUT2D eigenvalue weighted by Gasteiger charge is -2.12. The number of hydrogen-bond acceptors (Lipinski definition) is 6. The van der Waals surface area contributed by atoms with Crippen molar-refractivity contribution in [3.63, 3.8) is 0 Å². The summed E-state index contributed by atoms with van der Waals surface area (Å²) in [6, 6.07) is 7.85. The molecular weight excluding hydrogens is 336 g/mol. The summed E-state index contributed by atoms with van der Waals surface area (Å²) in [4.78, 5) is 39.4. The number of aromatic amines is 1. The summed E-state index contributed by atoms with van der Waals surface area (Å²) in [5, 5.41) is 8.77. The van der Waals surface area contributed by atoms with E-state index in [4.69, 9.17) is 14.7 Å². The first kappa shape index (κ1) is 18.9. The Balaban J connectivity index is 2.18. The molecule has 1 aromatic heterocycles. The van der Waals surface area contributed by atoms with Gasteiger partial charge in [-0.3, -0.25) is 4.79 Å². The molecule has 0 radical (unpaired) electrons.